The molecule has 0 unspecified atom stereocenters. The molecule has 0 aromatic heterocycles. The minimum Gasteiger partial charge on any atom is -0.257 e. The van der Waals surface area contributed by atoms with Crippen molar-refractivity contribution in [1.82, 2.24) is 5.43 Å². The fraction of sp³-hybridized carbons (Fsp3) is 0.125. The lowest BCUT2D eigenvalue weighted by Gasteiger charge is -1.94. The molecule has 2 rings (SSSR count). The van der Waals surface area contributed by atoms with Gasteiger partial charge in [-0.3, -0.25) is 5.43 Å². The van der Waals surface area contributed by atoms with Crippen molar-refractivity contribution in [2.75, 3.05) is 0 Å². The molecule has 10 heavy (non-hydrogen) atoms. The van der Waals surface area contributed by atoms with Gasteiger partial charge in [0, 0.05) is 5.56 Å². The van der Waals surface area contributed by atoms with E-state index in [9.17, 15) is 0 Å². The fourth-order valence-electron chi connectivity index (χ4n) is 0.987. The van der Waals surface area contributed by atoms with Gasteiger partial charge in [-0.15, -0.1) is 0 Å². The highest BCUT2D eigenvalue weighted by Gasteiger charge is 2.12. The van der Waals surface area contributed by atoms with Crippen LogP contribution >= 0.6 is 0 Å². The molecular weight excluding hydrogens is 124 g/mol. The van der Waals surface area contributed by atoms with E-state index in [0.29, 0.717) is 0 Å². The predicted molar refractivity (Wildman–Crippen MR) is 40.9 cm³/mol. The number of hydrazone groups is 1. The average molecular weight is 132 g/mol. The molecule has 0 fully saturated rings. The van der Waals surface area contributed by atoms with Crippen molar-refractivity contribution >= 4 is 5.84 Å². The first kappa shape index (κ1) is 5.47. The SMILES string of the molecule is Cc1ccccc1C1=NN1. The number of benzene rings is 1. The van der Waals surface area contributed by atoms with Crippen molar-refractivity contribution in [2.45, 2.75) is 6.92 Å². The Hall–Kier alpha value is -1.31. The van der Waals surface area contributed by atoms with Crippen LogP contribution in [-0.4, -0.2) is 5.84 Å². The molecule has 0 saturated heterocycles. The Morgan fingerprint density at radius 1 is 1.30 bits per heavy atom. The van der Waals surface area contributed by atoms with E-state index in [1.54, 1.807) is 0 Å². The third-order valence-electron chi connectivity index (χ3n) is 1.62. The monoisotopic (exact) mass is 132 g/mol. The molecule has 0 atom stereocenters. The van der Waals surface area contributed by atoms with Gasteiger partial charge in [-0.05, 0) is 12.5 Å². The summed E-state index contributed by atoms with van der Waals surface area (Å²) in [6.07, 6.45) is 0. The first-order chi connectivity index (χ1) is 4.88. The van der Waals surface area contributed by atoms with E-state index in [4.69, 9.17) is 0 Å². The van der Waals surface area contributed by atoms with Gasteiger partial charge >= 0.3 is 0 Å². The van der Waals surface area contributed by atoms with Crippen LogP contribution in [0.15, 0.2) is 29.4 Å². The molecule has 0 spiro atoms. The highest BCUT2D eigenvalue weighted by molar-refractivity contribution is 6.06. The molecule has 2 nitrogen and oxygen atoms in total. The van der Waals surface area contributed by atoms with Crippen LogP contribution < -0.4 is 5.43 Å². The van der Waals surface area contributed by atoms with Gasteiger partial charge in [-0.2, -0.15) is 5.10 Å². The second-order valence-corrected chi connectivity index (χ2v) is 2.39. The number of nitrogens with one attached hydrogen (secondary N) is 1. The van der Waals surface area contributed by atoms with Crippen LogP contribution in [-0.2, 0) is 0 Å². The molecule has 1 aliphatic rings. The minimum absolute atomic E-state index is 1.01. The van der Waals surface area contributed by atoms with Crippen molar-refractivity contribution in [3.05, 3.63) is 35.4 Å². The molecule has 0 amide bonds. The van der Waals surface area contributed by atoms with E-state index < -0.39 is 0 Å². The van der Waals surface area contributed by atoms with Gasteiger partial charge in [0.1, 0.15) is 0 Å². The van der Waals surface area contributed by atoms with Crippen LogP contribution in [0.1, 0.15) is 11.1 Å². The van der Waals surface area contributed by atoms with Gasteiger partial charge in [-0.1, -0.05) is 24.3 Å². The number of aryl methyl sites for hydroxylation is 1. The topological polar surface area (TPSA) is 34.3 Å². The average Bonchev–Trinajstić information content (AvgIpc) is 2.71. The molecule has 0 aliphatic carbocycles. The van der Waals surface area contributed by atoms with E-state index >= 15 is 0 Å². The number of hydrogen-bond acceptors (Lipinski definition) is 2. The number of hydrogen-bond donors (Lipinski definition) is 1. The molecule has 0 bridgehead atoms. The lowest BCUT2D eigenvalue weighted by molar-refractivity contribution is 1.26. The molecular formula is C8H8N2. The Balaban J connectivity index is 2.49. The van der Waals surface area contributed by atoms with Gasteiger partial charge in [0.15, 0.2) is 5.84 Å². The molecule has 1 aromatic carbocycles. The normalized spacial score (nSPS) is 13.9. The van der Waals surface area contributed by atoms with Gasteiger partial charge in [0.25, 0.3) is 0 Å². The molecule has 50 valence electrons. The molecule has 0 radical (unpaired) electrons. The zero-order valence-corrected chi connectivity index (χ0v) is 5.76. The van der Waals surface area contributed by atoms with E-state index in [1.165, 1.54) is 11.1 Å². The maximum atomic E-state index is 3.90. The van der Waals surface area contributed by atoms with Gasteiger partial charge in [0.2, 0.25) is 0 Å². The van der Waals surface area contributed by atoms with Gasteiger partial charge < -0.3 is 0 Å². The second-order valence-electron chi connectivity index (χ2n) is 2.39. The summed E-state index contributed by atoms with van der Waals surface area (Å²) in [5.41, 5.74) is 5.31. The third-order valence-corrected chi connectivity index (χ3v) is 1.62. The Morgan fingerprint density at radius 3 is 2.60 bits per heavy atom. The zero-order chi connectivity index (χ0) is 6.97. The Kier molecular flexibility index (Phi) is 1.01. The lowest BCUT2D eigenvalue weighted by atomic mass is 10.1. The first-order valence-corrected chi connectivity index (χ1v) is 3.27. The number of nitrogens with zero attached hydrogens (tertiary/aromatic N) is 1. The summed E-state index contributed by atoms with van der Waals surface area (Å²) < 4.78 is 0. The number of rotatable bonds is 1. The van der Waals surface area contributed by atoms with Crippen LogP contribution in [0.3, 0.4) is 0 Å². The van der Waals surface area contributed by atoms with Crippen LogP contribution in [0, 0.1) is 6.92 Å². The molecule has 2 heteroatoms. The molecule has 1 aliphatic heterocycles. The van der Waals surface area contributed by atoms with Crippen molar-refractivity contribution in [3.8, 4) is 0 Å². The third kappa shape index (κ3) is 0.778. The van der Waals surface area contributed by atoms with E-state index in [1.807, 2.05) is 12.1 Å². The van der Waals surface area contributed by atoms with Crippen LogP contribution in [0.25, 0.3) is 0 Å². The van der Waals surface area contributed by atoms with Crippen LogP contribution in [0.5, 0.6) is 0 Å². The smallest absolute Gasteiger partial charge is 0.174 e. The molecule has 0 saturated carbocycles. The summed E-state index contributed by atoms with van der Waals surface area (Å²) >= 11 is 0. The largest absolute Gasteiger partial charge is 0.257 e. The predicted octanol–water partition coefficient (Wildman–Crippen LogP) is 1.26. The highest BCUT2D eigenvalue weighted by Crippen LogP contribution is 2.10. The Morgan fingerprint density at radius 2 is 2.00 bits per heavy atom. The summed E-state index contributed by atoms with van der Waals surface area (Å²) in [5.74, 6) is 1.01. The first-order valence-electron chi connectivity index (χ1n) is 3.27. The number of amidine groups is 1. The van der Waals surface area contributed by atoms with Gasteiger partial charge in [-0.25, -0.2) is 0 Å². The Labute approximate surface area is 59.6 Å². The highest BCUT2D eigenvalue weighted by atomic mass is 15.5. The van der Waals surface area contributed by atoms with Crippen molar-refractivity contribution in [3.63, 3.8) is 0 Å². The van der Waals surface area contributed by atoms with E-state index in [0.717, 1.165) is 5.84 Å². The van der Waals surface area contributed by atoms with Gasteiger partial charge in [0.05, 0.1) is 0 Å². The summed E-state index contributed by atoms with van der Waals surface area (Å²) in [7, 11) is 0. The fourth-order valence-corrected chi connectivity index (χ4v) is 0.987. The summed E-state index contributed by atoms with van der Waals surface area (Å²) in [6.45, 7) is 2.08. The summed E-state index contributed by atoms with van der Waals surface area (Å²) in [5, 5.41) is 3.90. The van der Waals surface area contributed by atoms with Crippen molar-refractivity contribution in [1.29, 1.82) is 0 Å². The minimum atomic E-state index is 1.01. The van der Waals surface area contributed by atoms with E-state index in [-0.39, 0.29) is 0 Å². The quantitative estimate of drug-likeness (QED) is 0.613. The maximum Gasteiger partial charge on any atom is 0.174 e. The zero-order valence-electron chi connectivity index (χ0n) is 5.76. The summed E-state index contributed by atoms with van der Waals surface area (Å²) in [4.78, 5) is 0. The standard InChI is InChI=1S/C8H8N2/c1-6-4-2-3-5-7(6)8-9-10-8/h2-5H,1H3,(H,9,10). The maximum absolute atomic E-state index is 3.90. The molecule has 1 N–H and O–H groups in total. The van der Waals surface area contributed by atoms with Crippen molar-refractivity contribution < 1.29 is 0 Å². The second kappa shape index (κ2) is 1.84. The Bertz CT molecular complexity index is 289. The summed E-state index contributed by atoms with van der Waals surface area (Å²) in [6, 6.07) is 8.19. The molecule has 1 aromatic rings. The van der Waals surface area contributed by atoms with Crippen molar-refractivity contribution in [2.24, 2.45) is 5.10 Å². The van der Waals surface area contributed by atoms with E-state index in [2.05, 4.69) is 29.6 Å². The molecule has 1 heterocycles. The van der Waals surface area contributed by atoms with Crippen LogP contribution in [0.2, 0.25) is 0 Å². The lowest BCUT2D eigenvalue weighted by Crippen LogP contribution is -1.96. The van der Waals surface area contributed by atoms with Crippen LogP contribution in [0.4, 0.5) is 0 Å².